The predicted octanol–water partition coefficient (Wildman–Crippen LogP) is 3.12. The SMILES string of the molecule is CCOc1cc([C@@H]2CCCNC2)c(OC)cc1CC. The Labute approximate surface area is 116 Å². The molecular weight excluding hydrogens is 238 g/mol. The van der Waals surface area contributed by atoms with Gasteiger partial charge in [-0.15, -0.1) is 0 Å². The number of benzene rings is 1. The van der Waals surface area contributed by atoms with Gasteiger partial charge in [-0.05, 0) is 50.4 Å². The van der Waals surface area contributed by atoms with E-state index < -0.39 is 0 Å². The predicted molar refractivity (Wildman–Crippen MR) is 78.4 cm³/mol. The molecule has 0 spiro atoms. The molecule has 0 aromatic heterocycles. The highest BCUT2D eigenvalue weighted by atomic mass is 16.5. The van der Waals surface area contributed by atoms with Crippen molar-refractivity contribution < 1.29 is 9.47 Å². The highest BCUT2D eigenvalue weighted by molar-refractivity contribution is 5.48. The third-order valence-electron chi connectivity index (χ3n) is 3.83. The highest BCUT2D eigenvalue weighted by Gasteiger charge is 2.21. The summed E-state index contributed by atoms with van der Waals surface area (Å²) in [7, 11) is 1.76. The number of aryl methyl sites for hydroxylation is 1. The molecular formula is C16H25NO2. The fourth-order valence-corrected chi connectivity index (χ4v) is 2.80. The Kier molecular flexibility index (Phi) is 5.08. The van der Waals surface area contributed by atoms with Gasteiger partial charge in [0, 0.05) is 18.0 Å². The van der Waals surface area contributed by atoms with Gasteiger partial charge in [0.1, 0.15) is 11.5 Å². The van der Waals surface area contributed by atoms with Crippen molar-refractivity contribution in [3.63, 3.8) is 0 Å². The van der Waals surface area contributed by atoms with E-state index in [4.69, 9.17) is 9.47 Å². The summed E-state index contributed by atoms with van der Waals surface area (Å²) in [5.41, 5.74) is 2.52. The van der Waals surface area contributed by atoms with E-state index in [1.54, 1.807) is 7.11 Å². The molecule has 1 aliphatic rings. The molecule has 19 heavy (non-hydrogen) atoms. The average molecular weight is 263 g/mol. The van der Waals surface area contributed by atoms with Gasteiger partial charge in [0.25, 0.3) is 0 Å². The molecule has 0 aliphatic carbocycles. The van der Waals surface area contributed by atoms with Crippen LogP contribution in [0, 0.1) is 0 Å². The Morgan fingerprint density at radius 1 is 1.26 bits per heavy atom. The first kappa shape index (κ1) is 14.2. The van der Waals surface area contributed by atoms with Gasteiger partial charge >= 0.3 is 0 Å². The van der Waals surface area contributed by atoms with E-state index in [-0.39, 0.29) is 0 Å². The van der Waals surface area contributed by atoms with Crippen LogP contribution in [0.25, 0.3) is 0 Å². The number of nitrogens with one attached hydrogen (secondary N) is 1. The Morgan fingerprint density at radius 3 is 2.68 bits per heavy atom. The molecule has 0 radical (unpaired) electrons. The van der Waals surface area contributed by atoms with Crippen LogP contribution in [0.4, 0.5) is 0 Å². The van der Waals surface area contributed by atoms with Crippen molar-refractivity contribution in [2.24, 2.45) is 0 Å². The van der Waals surface area contributed by atoms with Crippen LogP contribution in [0.1, 0.15) is 43.7 Å². The number of piperidine rings is 1. The quantitative estimate of drug-likeness (QED) is 0.885. The second-order valence-electron chi connectivity index (χ2n) is 5.03. The Bertz CT molecular complexity index is 411. The molecule has 1 aromatic carbocycles. The molecule has 1 N–H and O–H groups in total. The van der Waals surface area contributed by atoms with Gasteiger partial charge in [-0.25, -0.2) is 0 Å². The summed E-state index contributed by atoms with van der Waals surface area (Å²) >= 11 is 0. The molecule has 3 nitrogen and oxygen atoms in total. The summed E-state index contributed by atoms with van der Waals surface area (Å²) in [6, 6.07) is 4.34. The lowest BCUT2D eigenvalue weighted by molar-refractivity contribution is 0.332. The van der Waals surface area contributed by atoms with Crippen LogP contribution in [-0.2, 0) is 6.42 Å². The lowest BCUT2D eigenvalue weighted by atomic mass is 9.89. The lowest BCUT2D eigenvalue weighted by Gasteiger charge is -2.26. The van der Waals surface area contributed by atoms with Crippen LogP contribution in [0.2, 0.25) is 0 Å². The first-order chi connectivity index (χ1) is 9.30. The second kappa shape index (κ2) is 6.80. The normalized spacial score (nSPS) is 19.2. The number of rotatable bonds is 5. The number of hydrogen-bond donors (Lipinski definition) is 1. The largest absolute Gasteiger partial charge is 0.496 e. The van der Waals surface area contributed by atoms with Crippen molar-refractivity contribution in [2.75, 3.05) is 26.8 Å². The summed E-state index contributed by atoms with van der Waals surface area (Å²) in [5, 5.41) is 3.47. The van der Waals surface area contributed by atoms with Crippen molar-refractivity contribution >= 4 is 0 Å². The minimum absolute atomic E-state index is 0.536. The topological polar surface area (TPSA) is 30.5 Å². The number of ether oxygens (including phenoxy) is 2. The van der Waals surface area contributed by atoms with E-state index in [9.17, 15) is 0 Å². The van der Waals surface area contributed by atoms with Crippen LogP contribution in [0.15, 0.2) is 12.1 Å². The highest BCUT2D eigenvalue weighted by Crippen LogP contribution is 2.36. The summed E-state index contributed by atoms with van der Waals surface area (Å²) in [4.78, 5) is 0. The minimum Gasteiger partial charge on any atom is -0.496 e. The molecule has 1 atom stereocenters. The van der Waals surface area contributed by atoms with Crippen molar-refractivity contribution in [1.29, 1.82) is 0 Å². The van der Waals surface area contributed by atoms with E-state index in [1.165, 1.54) is 24.0 Å². The van der Waals surface area contributed by atoms with Gasteiger partial charge in [-0.1, -0.05) is 6.92 Å². The second-order valence-corrected chi connectivity index (χ2v) is 5.03. The van der Waals surface area contributed by atoms with Crippen LogP contribution in [0.5, 0.6) is 11.5 Å². The summed E-state index contributed by atoms with van der Waals surface area (Å²) in [6.07, 6.45) is 3.42. The van der Waals surface area contributed by atoms with Crippen LogP contribution in [-0.4, -0.2) is 26.8 Å². The first-order valence-corrected chi connectivity index (χ1v) is 7.34. The van der Waals surface area contributed by atoms with E-state index in [0.29, 0.717) is 12.5 Å². The fourth-order valence-electron chi connectivity index (χ4n) is 2.80. The van der Waals surface area contributed by atoms with Crippen LogP contribution in [0.3, 0.4) is 0 Å². The van der Waals surface area contributed by atoms with Crippen molar-refractivity contribution in [3.05, 3.63) is 23.3 Å². The number of hydrogen-bond acceptors (Lipinski definition) is 3. The van der Waals surface area contributed by atoms with Crippen molar-refractivity contribution in [2.45, 2.75) is 39.0 Å². The smallest absolute Gasteiger partial charge is 0.123 e. The zero-order chi connectivity index (χ0) is 13.7. The van der Waals surface area contributed by atoms with Gasteiger partial charge < -0.3 is 14.8 Å². The summed E-state index contributed by atoms with van der Waals surface area (Å²) in [6.45, 7) is 7.06. The van der Waals surface area contributed by atoms with Gasteiger partial charge in [0.15, 0.2) is 0 Å². The maximum atomic E-state index is 5.78. The third kappa shape index (κ3) is 3.21. The maximum Gasteiger partial charge on any atom is 0.123 e. The van der Waals surface area contributed by atoms with Gasteiger partial charge in [-0.3, -0.25) is 0 Å². The molecule has 1 aromatic rings. The van der Waals surface area contributed by atoms with E-state index in [0.717, 1.165) is 31.0 Å². The summed E-state index contributed by atoms with van der Waals surface area (Å²) in [5.74, 6) is 2.56. The molecule has 0 saturated carbocycles. The summed E-state index contributed by atoms with van der Waals surface area (Å²) < 4.78 is 11.4. The molecule has 1 saturated heterocycles. The molecule has 1 fully saturated rings. The molecule has 1 aliphatic heterocycles. The van der Waals surface area contributed by atoms with Gasteiger partial charge in [0.05, 0.1) is 13.7 Å². The Morgan fingerprint density at radius 2 is 2.11 bits per heavy atom. The number of methoxy groups -OCH3 is 1. The van der Waals surface area contributed by atoms with E-state index in [1.807, 2.05) is 6.92 Å². The first-order valence-electron chi connectivity index (χ1n) is 7.34. The van der Waals surface area contributed by atoms with Crippen molar-refractivity contribution in [3.8, 4) is 11.5 Å². The Balaban J connectivity index is 2.36. The van der Waals surface area contributed by atoms with Crippen LogP contribution < -0.4 is 14.8 Å². The van der Waals surface area contributed by atoms with Crippen molar-refractivity contribution in [1.82, 2.24) is 5.32 Å². The van der Waals surface area contributed by atoms with E-state index >= 15 is 0 Å². The fraction of sp³-hybridized carbons (Fsp3) is 0.625. The molecule has 0 amide bonds. The molecule has 0 unspecified atom stereocenters. The monoisotopic (exact) mass is 263 g/mol. The average Bonchev–Trinajstić information content (AvgIpc) is 2.48. The standard InChI is InChI=1S/C16H25NO2/c1-4-12-9-16(18-3)14(10-15(12)19-5-2)13-7-6-8-17-11-13/h9-10,13,17H,4-8,11H2,1-3H3/t13-/m1/s1. The molecule has 2 rings (SSSR count). The van der Waals surface area contributed by atoms with Gasteiger partial charge in [-0.2, -0.15) is 0 Å². The lowest BCUT2D eigenvalue weighted by Crippen LogP contribution is -2.28. The van der Waals surface area contributed by atoms with Gasteiger partial charge in [0.2, 0.25) is 0 Å². The minimum atomic E-state index is 0.536. The molecule has 3 heteroatoms. The molecule has 0 bridgehead atoms. The molecule has 106 valence electrons. The maximum absolute atomic E-state index is 5.78. The molecule has 1 heterocycles. The zero-order valence-electron chi connectivity index (χ0n) is 12.3. The third-order valence-corrected chi connectivity index (χ3v) is 3.83. The van der Waals surface area contributed by atoms with E-state index in [2.05, 4.69) is 24.4 Å². The Hall–Kier alpha value is -1.22. The van der Waals surface area contributed by atoms with Crippen LogP contribution >= 0.6 is 0 Å². The zero-order valence-corrected chi connectivity index (χ0v) is 12.3.